The van der Waals surface area contributed by atoms with Crippen molar-refractivity contribution in [2.45, 2.75) is 32.0 Å². The number of nitrogens with two attached hydrogens (primary N) is 1. The minimum absolute atomic E-state index is 0.000204. The van der Waals surface area contributed by atoms with Crippen LogP contribution in [0.2, 0.25) is 5.02 Å². The van der Waals surface area contributed by atoms with Crippen LogP contribution in [0.15, 0.2) is 65.7 Å². The number of aromatic nitrogens is 5. The quantitative estimate of drug-likeness (QED) is 0.259. The fourth-order valence-electron chi connectivity index (χ4n) is 6.72. The van der Waals surface area contributed by atoms with Crippen LogP contribution in [0.5, 0.6) is 0 Å². The van der Waals surface area contributed by atoms with Crippen LogP contribution < -0.4 is 16.2 Å². The molecule has 2 aromatic carbocycles. The van der Waals surface area contributed by atoms with Gasteiger partial charge in [-0.15, -0.1) is 5.10 Å². The lowest BCUT2D eigenvalue weighted by atomic mass is 10.0. The van der Waals surface area contributed by atoms with E-state index in [1.165, 1.54) is 4.57 Å². The Balaban J connectivity index is 1.32. The number of fused-ring (bicyclic) bond motifs is 2. The molecule has 1 unspecified atom stereocenters. The highest BCUT2D eigenvalue weighted by Gasteiger charge is 2.36. The van der Waals surface area contributed by atoms with Gasteiger partial charge in [-0.25, -0.2) is 0 Å². The Hall–Kier alpha value is -5.28. The van der Waals surface area contributed by atoms with Gasteiger partial charge in [-0.1, -0.05) is 36.7 Å². The third-order valence-corrected chi connectivity index (χ3v) is 9.60. The second-order valence-corrected chi connectivity index (χ2v) is 12.7. The molecular weight excluding hydrogens is 689 g/mol. The van der Waals surface area contributed by atoms with E-state index in [0.717, 1.165) is 39.1 Å². The average molecular weight is 721 g/mol. The Morgan fingerprint density at radius 2 is 1.84 bits per heavy atom. The summed E-state index contributed by atoms with van der Waals surface area (Å²) in [5.74, 6) is -0.873. The molecule has 264 valence electrons. The minimum atomic E-state index is -4.68. The Kier molecular flexibility index (Phi) is 9.01. The molecule has 16 heteroatoms. The fourth-order valence-corrected chi connectivity index (χ4v) is 7.01. The van der Waals surface area contributed by atoms with Gasteiger partial charge >= 0.3 is 6.18 Å². The van der Waals surface area contributed by atoms with E-state index in [0.29, 0.717) is 30.9 Å². The highest BCUT2D eigenvalue weighted by Crippen LogP contribution is 2.37. The number of ether oxygens (including phenoxy) is 1. The molecule has 2 amide bonds. The zero-order valence-corrected chi connectivity index (χ0v) is 28.1. The van der Waals surface area contributed by atoms with Crippen LogP contribution in [0.1, 0.15) is 52.4 Å². The van der Waals surface area contributed by atoms with Crippen molar-refractivity contribution in [2.24, 2.45) is 5.73 Å². The lowest BCUT2D eigenvalue weighted by Gasteiger charge is -2.37. The van der Waals surface area contributed by atoms with Crippen LogP contribution in [0.25, 0.3) is 22.1 Å². The molecule has 51 heavy (non-hydrogen) atoms. The number of amides is 2. The average Bonchev–Trinajstić information content (AvgIpc) is 3.58. The number of halogens is 4. The standard InChI is InChI=1S/C35H32ClF3N8O4/c1-2-27-29(44-11-13-45(14-12-44)32(49)22-3-4-23-19-41-10-7-21(23)17-22)33(50)47-34(42-31(43-47)20-8-15-51-16-9-20)46(27)28(30(40)48)25-6-5-24(18-26(25)36)35(37,38)39/h3-8,10,17-19,28H,2,9,11-16H2,1H3,(H2,40,48). The van der Waals surface area contributed by atoms with E-state index in [1.54, 1.807) is 36.4 Å². The molecule has 1 atom stereocenters. The highest BCUT2D eigenvalue weighted by atomic mass is 35.5. The van der Waals surface area contributed by atoms with Crippen LogP contribution in [-0.4, -0.2) is 80.3 Å². The summed E-state index contributed by atoms with van der Waals surface area (Å²) in [5, 5.41) is 6.02. The lowest BCUT2D eigenvalue weighted by Crippen LogP contribution is -2.51. The van der Waals surface area contributed by atoms with Gasteiger partial charge in [0.05, 0.1) is 24.5 Å². The first-order valence-corrected chi connectivity index (χ1v) is 16.7. The second-order valence-electron chi connectivity index (χ2n) is 12.3. The van der Waals surface area contributed by atoms with Crippen molar-refractivity contribution in [1.82, 2.24) is 29.0 Å². The second kappa shape index (κ2) is 13.5. The molecule has 0 spiro atoms. The number of pyridine rings is 1. The summed E-state index contributed by atoms with van der Waals surface area (Å²) in [5.41, 5.74) is 6.32. The molecule has 0 bridgehead atoms. The third kappa shape index (κ3) is 6.31. The van der Waals surface area contributed by atoms with Crippen molar-refractivity contribution < 1.29 is 27.5 Å². The number of primary amides is 1. The number of rotatable bonds is 7. The Labute approximate surface area is 293 Å². The lowest BCUT2D eigenvalue weighted by molar-refractivity contribution is -0.137. The van der Waals surface area contributed by atoms with Crippen molar-refractivity contribution in [3.8, 4) is 0 Å². The van der Waals surface area contributed by atoms with Gasteiger partial charge in [0.25, 0.3) is 11.5 Å². The van der Waals surface area contributed by atoms with E-state index < -0.39 is 29.2 Å². The van der Waals surface area contributed by atoms with Crippen LogP contribution in [0.4, 0.5) is 18.9 Å². The number of carbonyl (C=O) groups is 2. The van der Waals surface area contributed by atoms with E-state index in [2.05, 4.69) is 15.1 Å². The largest absolute Gasteiger partial charge is 0.416 e. The predicted octanol–water partition coefficient (Wildman–Crippen LogP) is 4.51. The van der Waals surface area contributed by atoms with E-state index in [4.69, 9.17) is 22.1 Å². The Bertz CT molecular complexity index is 2280. The summed E-state index contributed by atoms with van der Waals surface area (Å²) in [6.07, 6.45) is 1.20. The maximum Gasteiger partial charge on any atom is 0.416 e. The van der Waals surface area contributed by atoms with Crippen molar-refractivity contribution in [3.05, 3.63) is 105 Å². The summed E-state index contributed by atoms with van der Waals surface area (Å²) >= 11 is 6.45. The SMILES string of the molecule is CCc1c(N2CCN(C(=O)c3ccc4cnccc4c3)CC2)c(=O)n2nc(C3=CCOCC3)nc2n1C(C(N)=O)c1ccc(C(F)(F)F)cc1Cl. The molecule has 5 aromatic rings. The highest BCUT2D eigenvalue weighted by molar-refractivity contribution is 6.31. The van der Waals surface area contributed by atoms with Crippen LogP contribution in [-0.2, 0) is 22.1 Å². The van der Waals surface area contributed by atoms with Gasteiger partial charge in [0.1, 0.15) is 11.7 Å². The van der Waals surface area contributed by atoms with E-state index >= 15 is 0 Å². The smallest absolute Gasteiger partial charge is 0.377 e. The van der Waals surface area contributed by atoms with Gasteiger partial charge in [-0.2, -0.15) is 22.7 Å². The topological polar surface area (TPSA) is 141 Å². The van der Waals surface area contributed by atoms with Crippen molar-refractivity contribution in [3.63, 3.8) is 0 Å². The summed E-state index contributed by atoms with van der Waals surface area (Å²) < 4.78 is 48.7. The van der Waals surface area contributed by atoms with E-state index in [-0.39, 0.29) is 66.4 Å². The molecule has 2 aliphatic rings. The molecule has 7 rings (SSSR count). The molecule has 5 heterocycles. The van der Waals surface area contributed by atoms with Crippen LogP contribution in [0, 0.1) is 0 Å². The molecule has 1 saturated heterocycles. The molecule has 3 aromatic heterocycles. The number of alkyl halides is 3. The van der Waals surface area contributed by atoms with Gasteiger partial charge in [0.2, 0.25) is 11.7 Å². The van der Waals surface area contributed by atoms with Gasteiger partial charge in [-0.05, 0) is 54.1 Å². The zero-order valence-electron chi connectivity index (χ0n) is 27.4. The maximum absolute atomic E-state index is 14.4. The number of carbonyl (C=O) groups excluding carboxylic acids is 2. The fraction of sp³-hybridized carbons (Fsp3) is 0.314. The van der Waals surface area contributed by atoms with Gasteiger partial charge in [0.15, 0.2) is 5.82 Å². The number of piperazine rings is 1. The van der Waals surface area contributed by atoms with E-state index in [9.17, 15) is 27.6 Å². The Morgan fingerprint density at radius 1 is 1.06 bits per heavy atom. The molecule has 0 aliphatic carbocycles. The van der Waals surface area contributed by atoms with Crippen LogP contribution in [0.3, 0.4) is 0 Å². The van der Waals surface area contributed by atoms with Crippen molar-refractivity contribution in [2.75, 3.05) is 44.3 Å². The van der Waals surface area contributed by atoms with Gasteiger partial charge < -0.3 is 20.3 Å². The van der Waals surface area contributed by atoms with Crippen LogP contribution >= 0.6 is 11.6 Å². The molecular formula is C35H32ClF3N8O4. The summed E-state index contributed by atoms with van der Waals surface area (Å²) in [4.78, 5) is 53.6. The molecule has 2 N–H and O–H groups in total. The first-order chi connectivity index (χ1) is 24.5. The molecule has 0 saturated carbocycles. The monoisotopic (exact) mass is 720 g/mol. The minimum Gasteiger partial charge on any atom is -0.377 e. The van der Waals surface area contributed by atoms with Crippen molar-refractivity contribution in [1.29, 1.82) is 0 Å². The van der Waals surface area contributed by atoms with E-state index in [1.807, 2.05) is 23.1 Å². The zero-order chi connectivity index (χ0) is 36.0. The first-order valence-electron chi connectivity index (χ1n) is 16.3. The van der Waals surface area contributed by atoms with Gasteiger partial charge in [-0.3, -0.25) is 23.9 Å². The third-order valence-electron chi connectivity index (χ3n) is 9.27. The predicted molar refractivity (Wildman–Crippen MR) is 184 cm³/mol. The molecule has 2 aliphatic heterocycles. The normalized spacial score (nSPS) is 16.1. The number of anilines is 1. The molecule has 1 fully saturated rings. The molecule has 0 radical (unpaired) electrons. The number of nitrogens with zero attached hydrogens (tertiary/aromatic N) is 7. The first kappa shape index (κ1) is 34.2. The summed E-state index contributed by atoms with van der Waals surface area (Å²) in [6.45, 7) is 3.63. The summed E-state index contributed by atoms with van der Waals surface area (Å²) in [6, 6.07) is 8.48. The number of benzene rings is 2. The number of hydrogen-bond donors (Lipinski definition) is 1. The number of hydrogen-bond acceptors (Lipinski definition) is 8. The van der Waals surface area contributed by atoms with Gasteiger partial charge in [0, 0.05) is 60.1 Å². The van der Waals surface area contributed by atoms with Crippen molar-refractivity contribution >= 4 is 51.2 Å². The maximum atomic E-state index is 14.4. The molecule has 12 nitrogen and oxygen atoms in total. The summed E-state index contributed by atoms with van der Waals surface area (Å²) in [7, 11) is 0. The Morgan fingerprint density at radius 3 is 2.51 bits per heavy atom.